The Hall–Kier alpha value is -1.24. The van der Waals surface area contributed by atoms with E-state index in [1.54, 1.807) is 10.7 Å². The summed E-state index contributed by atoms with van der Waals surface area (Å²) in [6.07, 6.45) is 2.37. The van der Waals surface area contributed by atoms with Crippen LogP contribution in [0.15, 0.2) is 28.9 Å². The highest BCUT2D eigenvalue weighted by atomic mass is 79.9. The van der Waals surface area contributed by atoms with Crippen LogP contribution in [-0.2, 0) is 13.5 Å². The molecule has 0 aliphatic carbocycles. The lowest BCUT2D eigenvalue weighted by molar-refractivity contribution is 0.527. The molecule has 0 saturated carbocycles. The first-order chi connectivity index (χ1) is 9.01. The molecule has 0 fully saturated rings. The van der Waals surface area contributed by atoms with Crippen molar-refractivity contribution < 1.29 is 4.39 Å². The van der Waals surface area contributed by atoms with E-state index in [2.05, 4.69) is 26.5 Å². The third kappa shape index (κ3) is 3.20. The van der Waals surface area contributed by atoms with Crippen LogP contribution in [0.4, 0.5) is 4.39 Å². The molecule has 0 aliphatic rings. The number of nitrogens with zero attached hydrogens (tertiary/aromatic N) is 2. The summed E-state index contributed by atoms with van der Waals surface area (Å²) in [6, 6.07) is 4.88. The number of nitrogens with one attached hydrogen (secondary N) is 1. The normalized spacial score (nSPS) is 12.7. The van der Waals surface area contributed by atoms with Crippen molar-refractivity contribution >= 4 is 15.9 Å². The van der Waals surface area contributed by atoms with E-state index in [1.807, 2.05) is 26.2 Å². The minimum Gasteiger partial charge on any atom is -0.275 e. The van der Waals surface area contributed by atoms with Gasteiger partial charge in [0.15, 0.2) is 0 Å². The summed E-state index contributed by atoms with van der Waals surface area (Å²) in [4.78, 5) is 0. The zero-order chi connectivity index (χ0) is 14.0. The molecular weight excluding hydrogens is 311 g/mol. The van der Waals surface area contributed by atoms with Crippen molar-refractivity contribution in [3.63, 3.8) is 0 Å². The Balaban J connectivity index is 2.26. The van der Waals surface area contributed by atoms with E-state index in [1.165, 1.54) is 6.07 Å². The lowest BCUT2D eigenvalue weighted by Gasteiger charge is -2.16. The van der Waals surface area contributed by atoms with Crippen molar-refractivity contribution in [3.05, 3.63) is 51.5 Å². The highest BCUT2D eigenvalue weighted by Gasteiger charge is 2.17. The van der Waals surface area contributed by atoms with Crippen LogP contribution in [0.2, 0.25) is 0 Å². The van der Waals surface area contributed by atoms with E-state index >= 15 is 0 Å². The van der Waals surface area contributed by atoms with Crippen LogP contribution < -0.4 is 11.3 Å². The van der Waals surface area contributed by atoms with E-state index < -0.39 is 0 Å². The summed E-state index contributed by atoms with van der Waals surface area (Å²) < 4.78 is 16.3. The van der Waals surface area contributed by atoms with Crippen LogP contribution in [0.3, 0.4) is 0 Å². The first kappa shape index (κ1) is 14.2. The molecular formula is C13H16BrFN4. The fourth-order valence-corrected chi connectivity index (χ4v) is 2.46. The smallest absolute Gasteiger partial charge is 0.127 e. The van der Waals surface area contributed by atoms with Crippen molar-refractivity contribution in [1.82, 2.24) is 15.2 Å². The van der Waals surface area contributed by atoms with Crippen LogP contribution in [0.25, 0.3) is 0 Å². The Bertz CT molecular complexity index is 582. The average molecular weight is 327 g/mol. The SMILES string of the molecule is Cc1nn(C)cc1C(Cc1ccc(Br)cc1F)NN. The Morgan fingerprint density at radius 3 is 2.79 bits per heavy atom. The van der Waals surface area contributed by atoms with Gasteiger partial charge in [-0.15, -0.1) is 0 Å². The second kappa shape index (κ2) is 5.81. The van der Waals surface area contributed by atoms with Crippen LogP contribution >= 0.6 is 15.9 Å². The van der Waals surface area contributed by atoms with E-state index in [9.17, 15) is 4.39 Å². The van der Waals surface area contributed by atoms with Gasteiger partial charge in [0.05, 0.1) is 11.7 Å². The van der Waals surface area contributed by atoms with E-state index in [4.69, 9.17) is 5.84 Å². The highest BCUT2D eigenvalue weighted by molar-refractivity contribution is 9.10. The molecule has 102 valence electrons. The predicted molar refractivity (Wildman–Crippen MR) is 75.8 cm³/mol. The lowest BCUT2D eigenvalue weighted by atomic mass is 10.00. The highest BCUT2D eigenvalue weighted by Crippen LogP contribution is 2.23. The maximum Gasteiger partial charge on any atom is 0.127 e. The first-order valence-electron chi connectivity index (χ1n) is 5.91. The Kier molecular flexibility index (Phi) is 4.34. The molecule has 0 aliphatic heterocycles. The summed E-state index contributed by atoms with van der Waals surface area (Å²) >= 11 is 3.25. The fourth-order valence-electron chi connectivity index (χ4n) is 2.13. The summed E-state index contributed by atoms with van der Waals surface area (Å²) in [6.45, 7) is 1.91. The Morgan fingerprint density at radius 2 is 2.26 bits per heavy atom. The maximum atomic E-state index is 13.8. The van der Waals surface area contributed by atoms with Gasteiger partial charge in [-0.1, -0.05) is 22.0 Å². The molecule has 2 rings (SSSR count). The zero-order valence-corrected chi connectivity index (χ0v) is 12.4. The Labute approximate surface area is 119 Å². The van der Waals surface area contributed by atoms with E-state index in [-0.39, 0.29) is 11.9 Å². The standard InChI is InChI=1S/C13H16BrFN4/c1-8-11(7-19(2)18-8)13(17-16)5-9-3-4-10(14)6-12(9)15/h3-4,6-7,13,17H,5,16H2,1-2H3. The molecule has 3 N–H and O–H groups in total. The van der Waals surface area contributed by atoms with E-state index in [0.29, 0.717) is 12.0 Å². The molecule has 19 heavy (non-hydrogen) atoms. The number of benzene rings is 1. The van der Waals surface area contributed by atoms with Gasteiger partial charge < -0.3 is 0 Å². The molecule has 0 radical (unpaired) electrons. The number of rotatable bonds is 4. The van der Waals surface area contributed by atoms with Gasteiger partial charge in [0, 0.05) is 23.3 Å². The van der Waals surface area contributed by atoms with Crippen molar-refractivity contribution in [2.24, 2.45) is 12.9 Å². The first-order valence-corrected chi connectivity index (χ1v) is 6.70. The minimum absolute atomic E-state index is 0.163. The van der Waals surface area contributed by atoms with Crippen LogP contribution in [0.1, 0.15) is 22.9 Å². The second-order valence-electron chi connectivity index (χ2n) is 4.50. The topological polar surface area (TPSA) is 55.9 Å². The molecule has 0 bridgehead atoms. The monoisotopic (exact) mass is 326 g/mol. The van der Waals surface area contributed by atoms with Gasteiger partial charge in [-0.25, -0.2) is 4.39 Å². The zero-order valence-electron chi connectivity index (χ0n) is 10.8. The summed E-state index contributed by atoms with van der Waals surface area (Å²) in [7, 11) is 1.85. The van der Waals surface area contributed by atoms with E-state index in [0.717, 1.165) is 15.7 Å². The lowest BCUT2D eigenvalue weighted by Crippen LogP contribution is -2.30. The molecule has 1 aromatic carbocycles. The van der Waals surface area contributed by atoms with Gasteiger partial charge in [0.1, 0.15) is 5.82 Å². The molecule has 0 amide bonds. The largest absolute Gasteiger partial charge is 0.275 e. The van der Waals surface area contributed by atoms with Crippen LogP contribution in [-0.4, -0.2) is 9.78 Å². The molecule has 4 nitrogen and oxygen atoms in total. The number of hydrogen-bond acceptors (Lipinski definition) is 3. The molecule has 0 saturated heterocycles. The van der Waals surface area contributed by atoms with Gasteiger partial charge in [-0.2, -0.15) is 5.10 Å². The summed E-state index contributed by atoms with van der Waals surface area (Å²) in [5, 5.41) is 4.28. The quantitative estimate of drug-likeness (QED) is 0.670. The van der Waals surface area contributed by atoms with Crippen LogP contribution in [0.5, 0.6) is 0 Å². The number of nitrogens with two attached hydrogens (primary N) is 1. The van der Waals surface area contributed by atoms with Crippen molar-refractivity contribution in [2.45, 2.75) is 19.4 Å². The summed E-state index contributed by atoms with van der Waals surface area (Å²) in [5.41, 5.74) is 5.22. The molecule has 1 unspecified atom stereocenters. The van der Waals surface area contributed by atoms with Crippen molar-refractivity contribution in [3.8, 4) is 0 Å². The molecule has 1 aromatic heterocycles. The van der Waals surface area contributed by atoms with Crippen molar-refractivity contribution in [2.75, 3.05) is 0 Å². The minimum atomic E-state index is -0.240. The number of aryl methyl sites for hydroxylation is 2. The van der Waals surface area contributed by atoms with Gasteiger partial charge in [-0.05, 0) is 31.0 Å². The number of hydrogen-bond donors (Lipinski definition) is 2. The molecule has 2 aromatic rings. The average Bonchev–Trinajstić information content (AvgIpc) is 2.68. The van der Waals surface area contributed by atoms with Gasteiger partial charge in [0.2, 0.25) is 0 Å². The maximum absolute atomic E-state index is 13.8. The van der Waals surface area contributed by atoms with Gasteiger partial charge in [-0.3, -0.25) is 16.0 Å². The van der Waals surface area contributed by atoms with Crippen LogP contribution in [0, 0.1) is 12.7 Å². The van der Waals surface area contributed by atoms with Gasteiger partial charge in [0.25, 0.3) is 0 Å². The second-order valence-corrected chi connectivity index (χ2v) is 5.42. The molecule has 1 heterocycles. The molecule has 6 heteroatoms. The fraction of sp³-hybridized carbons (Fsp3) is 0.308. The molecule has 0 spiro atoms. The molecule has 1 atom stereocenters. The number of hydrazine groups is 1. The number of halogens is 2. The third-order valence-corrected chi connectivity index (χ3v) is 3.56. The predicted octanol–water partition coefficient (Wildman–Crippen LogP) is 2.38. The third-order valence-electron chi connectivity index (χ3n) is 3.07. The Morgan fingerprint density at radius 1 is 1.53 bits per heavy atom. The van der Waals surface area contributed by atoms with Gasteiger partial charge >= 0.3 is 0 Å². The van der Waals surface area contributed by atoms with Crippen molar-refractivity contribution in [1.29, 1.82) is 0 Å². The summed E-state index contributed by atoms with van der Waals surface area (Å²) in [5.74, 6) is 5.35. The number of aromatic nitrogens is 2.